The molecular formula is C18H26Se. The Kier molecular flexibility index (Phi) is 6.61. The molecule has 0 spiro atoms. The molecule has 0 amide bonds. The fraction of sp³-hybridized carbons (Fsp3) is 0.444. The van der Waals surface area contributed by atoms with Gasteiger partial charge in [0.1, 0.15) is 0 Å². The van der Waals surface area contributed by atoms with Crippen LogP contribution >= 0.6 is 0 Å². The predicted octanol–water partition coefficient (Wildman–Crippen LogP) is 4.69. The zero-order chi connectivity index (χ0) is 14.3. The molecule has 104 valence electrons. The van der Waals surface area contributed by atoms with E-state index in [4.69, 9.17) is 0 Å². The van der Waals surface area contributed by atoms with Gasteiger partial charge in [0, 0.05) is 0 Å². The van der Waals surface area contributed by atoms with Crippen LogP contribution in [-0.2, 0) is 0 Å². The molecule has 0 radical (unpaired) electrons. The number of rotatable bonds is 5. The van der Waals surface area contributed by atoms with Crippen LogP contribution in [0.15, 0.2) is 52.5 Å². The first-order valence-electron chi connectivity index (χ1n) is 7.10. The van der Waals surface area contributed by atoms with E-state index in [1.807, 2.05) is 0 Å². The first kappa shape index (κ1) is 16.3. The number of benzene rings is 1. The quantitative estimate of drug-likeness (QED) is 0.545. The topological polar surface area (TPSA) is 0 Å². The fourth-order valence-electron chi connectivity index (χ4n) is 1.75. The fourth-order valence-corrected chi connectivity index (χ4v) is 3.99. The van der Waals surface area contributed by atoms with Crippen molar-refractivity contribution in [2.24, 2.45) is 5.41 Å². The summed E-state index contributed by atoms with van der Waals surface area (Å²) in [5, 5.41) is 0. The third-order valence-electron chi connectivity index (χ3n) is 2.83. The van der Waals surface area contributed by atoms with E-state index in [9.17, 15) is 0 Å². The van der Waals surface area contributed by atoms with Gasteiger partial charge in [0.05, 0.1) is 0 Å². The second-order valence-corrected chi connectivity index (χ2v) is 8.22. The third kappa shape index (κ3) is 6.27. The van der Waals surface area contributed by atoms with Gasteiger partial charge in [-0.25, -0.2) is 0 Å². The van der Waals surface area contributed by atoms with Gasteiger partial charge in [-0.15, -0.1) is 0 Å². The van der Waals surface area contributed by atoms with E-state index in [2.05, 4.69) is 77.1 Å². The van der Waals surface area contributed by atoms with Crippen molar-refractivity contribution in [3.8, 4) is 0 Å². The van der Waals surface area contributed by atoms with Gasteiger partial charge in [0.15, 0.2) is 0 Å². The van der Waals surface area contributed by atoms with E-state index in [0.717, 1.165) is 12.8 Å². The molecule has 0 fully saturated rings. The monoisotopic (exact) mass is 322 g/mol. The molecule has 0 nitrogen and oxygen atoms in total. The van der Waals surface area contributed by atoms with E-state index in [-0.39, 0.29) is 5.41 Å². The van der Waals surface area contributed by atoms with Gasteiger partial charge in [-0.1, -0.05) is 0 Å². The molecular weight excluding hydrogens is 295 g/mol. The molecule has 1 heteroatoms. The summed E-state index contributed by atoms with van der Waals surface area (Å²) in [5.41, 5.74) is 1.79. The molecule has 0 aliphatic rings. The molecule has 1 rings (SSSR count). The number of allylic oxidation sites excluding steroid dienone is 4. The van der Waals surface area contributed by atoms with Gasteiger partial charge in [-0.05, 0) is 0 Å². The molecule has 0 saturated heterocycles. The zero-order valence-electron chi connectivity index (χ0n) is 12.9. The summed E-state index contributed by atoms with van der Waals surface area (Å²) in [6.07, 6.45) is 6.98. The van der Waals surface area contributed by atoms with Crippen molar-refractivity contribution in [1.82, 2.24) is 0 Å². The third-order valence-corrected chi connectivity index (χ3v) is 5.57. The van der Waals surface area contributed by atoms with Crippen LogP contribution in [0.2, 0.25) is 0 Å². The maximum atomic E-state index is 2.35. The van der Waals surface area contributed by atoms with Gasteiger partial charge in [-0.2, -0.15) is 0 Å². The molecule has 19 heavy (non-hydrogen) atoms. The minimum absolute atomic E-state index is 0.263. The summed E-state index contributed by atoms with van der Waals surface area (Å²) >= 11 is 0.462. The molecule has 0 atom stereocenters. The maximum absolute atomic E-state index is 2.35. The summed E-state index contributed by atoms with van der Waals surface area (Å²) in [7, 11) is 0. The standard InChI is InChI=1S/C18H26Se/c1-6-15(13-14-18(3,4)5)17(7-2)19-16-11-9-8-10-12-16/h8-14H,6-7H2,1-5H3/b14-13+,17-15-. The van der Waals surface area contributed by atoms with Crippen LogP contribution < -0.4 is 4.46 Å². The van der Waals surface area contributed by atoms with Gasteiger partial charge in [0.25, 0.3) is 0 Å². The van der Waals surface area contributed by atoms with E-state index >= 15 is 0 Å². The van der Waals surface area contributed by atoms with Crippen LogP contribution in [0.1, 0.15) is 47.5 Å². The Morgan fingerprint density at radius 1 is 1.05 bits per heavy atom. The SMILES string of the molecule is CCC(/C=C/C(C)(C)C)=C(\CC)[Se]c1ccccc1. The second kappa shape index (κ2) is 7.72. The zero-order valence-corrected chi connectivity index (χ0v) is 14.6. The van der Waals surface area contributed by atoms with Crippen molar-refractivity contribution < 1.29 is 0 Å². The molecule has 0 aliphatic carbocycles. The van der Waals surface area contributed by atoms with Crippen molar-refractivity contribution >= 4 is 19.4 Å². The van der Waals surface area contributed by atoms with Crippen LogP contribution in [-0.4, -0.2) is 15.0 Å². The Morgan fingerprint density at radius 2 is 1.68 bits per heavy atom. The summed E-state index contributed by atoms with van der Waals surface area (Å²) in [5.74, 6) is 0. The Bertz CT molecular complexity index is 433. The average molecular weight is 321 g/mol. The predicted molar refractivity (Wildman–Crippen MR) is 88.0 cm³/mol. The van der Waals surface area contributed by atoms with Gasteiger partial charge in [0.2, 0.25) is 0 Å². The molecule has 0 aliphatic heterocycles. The number of hydrogen-bond donors (Lipinski definition) is 0. The molecule has 0 bridgehead atoms. The Labute approximate surface area is 125 Å². The Hall–Kier alpha value is -0.781. The molecule has 0 unspecified atom stereocenters. The number of hydrogen-bond acceptors (Lipinski definition) is 0. The van der Waals surface area contributed by atoms with Gasteiger partial charge in [-0.3, -0.25) is 0 Å². The van der Waals surface area contributed by atoms with Crippen molar-refractivity contribution in [2.75, 3.05) is 0 Å². The molecule has 0 N–H and O–H groups in total. The van der Waals surface area contributed by atoms with Crippen LogP contribution in [0.5, 0.6) is 0 Å². The van der Waals surface area contributed by atoms with Crippen LogP contribution in [0.3, 0.4) is 0 Å². The van der Waals surface area contributed by atoms with E-state index < -0.39 is 0 Å². The first-order chi connectivity index (χ1) is 8.96. The van der Waals surface area contributed by atoms with Crippen molar-refractivity contribution in [1.29, 1.82) is 0 Å². The van der Waals surface area contributed by atoms with Crippen molar-refractivity contribution in [3.05, 3.63) is 52.5 Å². The minimum atomic E-state index is 0.263. The van der Waals surface area contributed by atoms with E-state index in [1.165, 1.54) is 10.0 Å². The van der Waals surface area contributed by atoms with Crippen LogP contribution in [0.25, 0.3) is 0 Å². The summed E-state index contributed by atoms with van der Waals surface area (Å²) in [6, 6.07) is 10.9. The summed E-state index contributed by atoms with van der Waals surface area (Å²) < 4.78 is 3.10. The van der Waals surface area contributed by atoms with E-state index in [1.54, 1.807) is 4.47 Å². The second-order valence-electron chi connectivity index (χ2n) is 5.77. The normalized spacial score (nSPS) is 13.7. The first-order valence-corrected chi connectivity index (χ1v) is 8.81. The van der Waals surface area contributed by atoms with Crippen LogP contribution in [0, 0.1) is 5.41 Å². The summed E-state index contributed by atoms with van der Waals surface area (Å²) in [4.78, 5) is 0. The summed E-state index contributed by atoms with van der Waals surface area (Å²) in [6.45, 7) is 11.3. The van der Waals surface area contributed by atoms with Crippen molar-refractivity contribution in [2.45, 2.75) is 47.5 Å². The van der Waals surface area contributed by atoms with Crippen molar-refractivity contribution in [3.63, 3.8) is 0 Å². The van der Waals surface area contributed by atoms with Gasteiger partial charge < -0.3 is 0 Å². The van der Waals surface area contributed by atoms with E-state index in [0.29, 0.717) is 15.0 Å². The molecule has 0 saturated carbocycles. The Balaban J connectivity index is 2.95. The van der Waals surface area contributed by atoms with Gasteiger partial charge >= 0.3 is 125 Å². The molecule has 1 aromatic carbocycles. The molecule has 1 aromatic rings. The van der Waals surface area contributed by atoms with Crippen LogP contribution in [0.4, 0.5) is 0 Å². The average Bonchev–Trinajstić information content (AvgIpc) is 2.38. The molecule has 0 aromatic heterocycles. The Morgan fingerprint density at radius 3 is 2.16 bits per heavy atom. The molecule has 0 heterocycles.